The summed E-state index contributed by atoms with van der Waals surface area (Å²) in [4.78, 5) is 27.5. The fourth-order valence-corrected chi connectivity index (χ4v) is 1.65. The molecule has 5 nitrogen and oxygen atoms in total. The molecular formula is C15H14N2O3. The molecule has 0 aliphatic heterocycles. The summed E-state index contributed by atoms with van der Waals surface area (Å²) in [5.41, 5.74) is 1.63. The lowest BCUT2D eigenvalue weighted by Gasteiger charge is -2.12. The van der Waals surface area contributed by atoms with Gasteiger partial charge in [-0.15, -0.1) is 0 Å². The maximum absolute atomic E-state index is 11.9. The van der Waals surface area contributed by atoms with Gasteiger partial charge in [-0.25, -0.2) is 0 Å². The number of Topliss-reactive ketones (excluding diaryl/α,β-unsaturated/α-hetero) is 1. The molecule has 1 atom stereocenters. The maximum Gasteiger partial charge on any atom is 0.255 e. The molecule has 20 heavy (non-hydrogen) atoms. The SMILES string of the molecule is Cc1ccc(C(=O)C(O)NC(=O)c2cccnc2)cc1. The van der Waals surface area contributed by atoms with Crippen LogP contribution in [0.1, 0.15) is 26.3 Å². The average Bonchev–Trinajstić information content (AvgIpc) is 2.48. The monoisotopic (exact) mass is 270 g/mol. The van der Waals surface area contributed by atoms with Crippen molar-refractivity contribution in [3.8, 4) is 0 Å². The molecule has 0 bridgehead atoms. The van der Waals surface area contributed by atoms with Crippen molar-refractivity contribution in [2.45, 2.75) is 13.2 Å². The third-order valence-electron chi connectivity index (χ3n) is 2.78. The number of pyridine rings is 1. The van der Waals surface area contributed by atoms with Gasteiger partial charge in [-0.05, 0) is 19.1 Å². The van der Waals surface area contributed by atoms with Crippen LogP contribution in [-0.2, 0) is 0 Å². The lowest BCUT2D eigenvalue weighted by atomic mass is 10.1. The van der Waals surface area contributed by atoms with Gasteiger partial charge in [-0.2, -0.15) is 0 Å². The predicted octanol–water partition coefficient (Wildman–Crippen LogP) is 1.32. The van der Waals surface area contributed by atoms with Crippen LogP contribution >= 0.6 is 0 Å². The van der Waals surface area contributed by atoms with Gasteiger partial charge >= 0.3 is 0 Å². The molecule has 1 aromatic heterocycles. The predicted molar refractivity (Wildman–Crippen MR) is 73.2 cm³/mol. The molecule has 1 amide bonds. The minimum Gasteiger partial charge on any atom is -0.367 e. The van der Waals surface area contributed by atoms with E-state index < -0.39 is 17.9 Å². The summed E-state index contributed by atoms with van der Waals surface area (Å²) in [6, 6.07) is 9.90. The van der Waals surface area contributed by atoms with Crippen molar-refractivity contribution >= 4 is 11.7 Å². The van der Waals surface area contributed by atoms with Gasteiger partial charge in [0.15, 0.2) is 6.23 Å². The number of nitrogens with zero attached hydrogens (tertiary/aromatic N) is 1. The van der Waals surface area contributed by atoms with E-state index in [2.05, 4.69) is 10.3 Å². The highest BCUT2D eigenvalue weighted by molar-refractivity contribution is 6.03. The number of amides is 1. The highest BCUT2D eigenvalue weighted by atomic mass is 16.3. The Labute approximate surface area is 116 Å². The number of aliphatic hydroxyl groups is 1. The molecule has 0 saturated heterocycles. The Morgan fingerprint density at radius 2 is 1.85 bits per heavy atom. The molecule has 5 heteroatoms. The van der Waals surface area contributed by atoms with E-state index >= 15 is 0 Å². The van der Waals surface area contributed by atoms with Crippen LogP contribution in [0.15, 0.2) is 48.8 Å². The minimum atomic E-state index is -1.58. The normalized spacial score (nSPS) is 11.7. The third kappa shape index (κ3) is 3.27. The number of aromatic nitrogens is 1. The van der Waals surface area contributed by atoms with Crippen LogP contribution in [0.25, 0.3) is 0 Å². The number of carbonyl (C=O) groups excluding carboxylic acids is 2. The zero-order valence-corrected chi connectivity index (χ0v) is 10.9. The Bertz CT molecular complexity index is 609. The van der Waals surface area contributed by atoms with Crippen molar-refractivity contribution in [2.75, 3.05) is 0 Å². The molecule has 0 fully saturated rings. The zero-order chi connectivity index (χ0) is 14.5. The standard InChI is InChI=1S/C15H14N2O3/c1-10-4-6-11(7-5-10)13(18)15(20)17-14(19)12-3-2-8-16-9-12/h2-9,15,20H,1H3,(H,17,19). The van der Waals surface area contributed by atoms with Crippen LogP contribution in [0.4, 0.5) is 0 Å². The third-order valence-corrected chi connectivity index (χ3v) is 2.78. The quantitative estimate of drug-likeness (QED) is 0.648. The van der Waals surface area contributed by atoms with Gasteiger partial charge in [-0.3, -0.25) is 14.6 Å². The Morgan fingerprint density at radius 1 is 1.15 bits per heavy atom. The molecule has 0 saturated carbocycles. The van der Waals surface area contributed by atoms with E-state index in [0.717, 1.165) is 5.56 Å². The summed E-state index contributed by atoms with van der Waals surface area (Å²) in [5, 5.41) is 12.0. The second-order valence-electron chi connectivity index (χ2n) is 4.35. The van der Waals surface area contributed by atoms with E-state index in [1.165, 1.54) is 12.4 Å². The number of nitrogens with one attached hydrogen (secondary N) is 1. The molecule has 1 heterocycles. The summed E-state index contributed by atoms with van der Waals surface area (Å²) >= 11 is 0. The first-order valence-electron chi connectivity index (χ1n) is 6.08. The topological polar surface area (TPSA) is 79.3 Å². The van der Waals surface area contributed by atoms with Crippen LogP contribution in [0, 0.1) is 6.92 Å². The number of hydrogen-bond donors (Lipinski definition) is 2. The first-order valence-corrected chi connectivity index (χ1v) is 6.08. The number of benzene rings is 1. The Kier molecular flexibility index (Phi) is 4.22. The van der Waals surface area contributed by atoms with Gasteiger partial charge in [0.05, 0.1) is 5.56 Å². The molecule has 0 radical (unpaired) electrons. The minimum absolute atomic E-state index is 0.281. The molecule has 102 valence electrons. The molecule has 1 aromatic carbocycles. The highest BCUT2D eigenvalue weighted by Crippen LogP contribution is 2.06. The van der Waals surface area contributed by atoms with E-state index in [-0.39, 0.29) is 5.56 Å². The average molecular weight is 270 g/mol. The molecule has 2 N–H and O–H groups in total. The zero-order valence-electron chi connectivity index (χ0n) is 10.9. The fraction of sp³-hybridized carbons (Fsp3) is 0.133. The molecule has 1 unspecified atom stereocenters. The molecule has 0 aliphatic carbocycles. The Balaban J connectivity index is 2.05. The van der Waals surface area contributed by atoms with Crippen molar-refractivity contribution < 1.29 is 14.7 Å². The Hall–Kier alpha value is -2.53. The van der Waals surface area contributed by atoms with Crippen LogP contribution in [-0.4, -0.2) is 28.0 Å². The van der Waals surface area contributed by atoms with Crippen LogP contribution in [0.3, 0.4) is 0 Å². The maximum atomic E-state index is 11.9. The summed E-state index contributed by atoms with van der Waals surface area (Å²) < 4.78 is 0. The van der Waals surface area contributed by atoms with E-state index in [4.69, 9.17) is 0 Å². The number of hydrogen-bond acceptors (Lipinski definition) is 4. The summed E-state index contributed by atoms with van der Waals surface area (Å²) in [6.45, 7) is 1.90. The van der Waals surface area contributed by atoms with Crippen LogP contribution in [0.2, 0.25) is 0 Å². The molecule has 0 aliphatic rings. The highest BCUT2D eigenvalue weighted by Gasteiger charge is 2.19. The summed E-state index contributed by atoms with van der Waals surface area (Å²) in [5.74, 6) is -1.10. The lowest BCUT2D eigenvalue weighted by molar-refractivity contribution is 0.0607. The smallest absolute Gasteiger partial charge is 0.255 e. The van der Waals surface area contributed by atoms with Gasteiger partial charge in [0.1, 0.15) is 0 Å². The molecule has 0 spiro atoms. The first kappa shape index (κ1) is 13.9. The molecule has 2 rings (SSSR count). The van der Waals surface area contributed by atoms with Gasteiger partial charge in [-0.1, -0.05) is 29.8 Å². The summed E-state index contributed by atoms with van der Waals surface area (Å²) in [7, 11) is 0. The van der Waals surface area contributed by atoms with Crippen molar-refractivity contribution in [1.82, 2.24) is 10.3 Å². The van der Waals surface area contributed by atoms with Crippen molar-refractivity contribution in [3.63, 3.8) is 0 Å². The van der Waals surface area contributed by atoms with Crippen LogP contribution < -0.4 is 5.32 Å². The fourth-order valence-electron chi connectivity index (χ4n) is 1.65. The van der Waals surface area contributed by atoms with E-state index in [1.54, 1.807) is 36.4 Å². The van der Waals surface area contributed by atoms with Gasteiger partial charge < -0.3 is 10.4 Å². The van der Waals surface area contributed by atoms with Gasteiger partial charge in [0.25, 0.3) is 5.91 Å². The lowest BCUT2D eigenvalue weighted by Crippen LogP contribution is -2.40. The van der Waals surface area contributed by atoms with Crippen LogP contribution in [0.5, 0.6) is 0 Å². The van der Waals surface area contributed by atoms with E-state index in [1.807, 2.05) is 6.92 Å². The second kappa shape index (κ2) is 6.08. The molecule has 2 aromatic rings. The van der Waals surface area contributed by atoms with Gasteiger partial charge in [0.2, 0.25) is 5.78 Å². The van der Waals surface area contributed by atoms with Crippen molar-refractivity contribution in [1.29, 1.82) is 0 Å². The second-order valence-corrected chi connectivity index (χ2v) is 4.35. The van der Waals surface area contributed by atoms with E-state index in [9.17, 15) is 14.7 Å². The van der Waals surface area contributed by atoms with E-state index in [0.29, 0.717) is 5.56 Å². The number of aliphatic hydroxyl groups excluding tert-OH is 1. The number of carbonyl (C=O) groups is 2. The number of aryl methyl sites for hydroxylation is 1. The van der Waals surface area contributed by atoms with Crippen molar-refractivity contribution in [3.05, 3.63) is 65.5 Å². The van der Waals surface area contributed by atoms with Crippen molar-refractivity contribution in [2.24, 2.45) is 0 Å². The molecular weight excluding hydrogens is 256 g/mol. The van der Waals surface area contributed by atoms with Gasteiger partial charge in [0, 0.05) is 18.0 Å². The Morgan fingerprint density at radius 3 is 2.45 bits per heavy atom. The largest absolute Gasteiger partial charge is 0.367 e. The summed E-state index contributed by atoms with van der Waals surface area (Å²) in [6.07, 6.45) is 1.31. The number of ketones is 1. The number of rotatable bonds is 4. The first-order chi connectivity index (χ1) is 9.58.